The Bertz CT molecular complexity index is 727. The Kier molecular flexibility index (Phi) is 4.79. The zero-order valence-corrected chi connectivity index (χ0v) is 13.1. The van der Waals surface area contributed by atoms with Crippen molar-refractivity contribution in [1.82, 2.24) is 15.1 Å². The van der Waals surface area contributed by atoms with Crippen LogP contribution in [0.4, 0.5) is 4.79 Å². The first kappa shape index (κ1) is 16.0. The Morgan fingerprint density at radius 2 is 2.12 bits per heavy atom. The zero-order valence-electron chi connectivity index (χ0n) is 13.1. The minimum atomic E-state index is -0.966. The maximum atomic E-state index is 11.8. The number of hydrogen-bond donors (Lipinski definition) is 2. The molecule has 1 atom stereocenters. The molecule has 3 rings (SSSR count). The summed E-state index contributed by atoms with van der Waals surface area (Å²) in [5.74, 6) is -0.788. The molecule has 1 unspecified atom stereocenters. The van der Waals surface area contributed by atoms with Gasteiger partial charge in [0.15, 0.2) is 0 Å². The summed E-state index contributed by atoms with van der Waals surface area (Å²) in [4.78, 5) is 23.0. The van der Waals surface area contributed by atoms with Crippen molar-refractivity contribution < 1.29 is 19.4 Å². The predicted molar refractivity (Wildman–Crippen MR) is 85.6 cm³/mol. The maximum Gasteiger partial charge on any atom is 0.407 e. The number of nitrogens with one attached hydrogen (secondary N) is 1. The third kappa shape index (κ3) is 3.73. The van der Waals surface area contributed by atoms with Crippen molar-refractivity contribution >= 4 is 12.1 Å². The number of rotatable bonds is 5. The van der Waals surface area contributed by atoms with Crippen LogP contribution in [0.15, 0.2) is 36.5 Å². The Labute approximate surface area is 139 Å². The van der Waals surface area contributed by atoms with E-state index in [0.29, 0.717) is 19.5 Å². The lowest BCUT2D eigenvalue weighted by molar-refractivity contribution is 0.0694. The van der Waals surface area contributed by atoms with Gasteiger partial charge in [-0.1, -0.05) is 30.3 Å². The number of aromatic nitrogens is 2. The van der Waals surface area contributed by atoms with Crippen LogP contribution in [0, 0.1) is 5.92 Å². The number of ether oxygens (including phenoxy) is 1. The van der Waals surface area contributed by atoms with Crippen molar-refractivity contribution in [2.45, 2.75) is 26.0 Å². The van der Waals surface area contributed by atoms with Gasteiger partial charge in [0, 0.05) is 13.1 Å². The molecule has 0 aliphatic carbocycles. The van der Waals surface area contributed by atoms with Gasteiger partial charge in [0.25, 0.3) is 0 Å². The average Bonchev–Trinajstić information content (AvgIpc) is 3.02. The second-order valence-electron chi connectivity index (χ2n) is 5.83. The van der Waals surface area contributed by atoms with Crippen LogP contribution in [-0.4, -0.2) is 33.5 Å². The van der Waals surface area contributed by atoms with Crippen molar-refractivity contribution in [3.05, 3.63) is 53.3 Å². The summed E-state index contributed by atoms with van der Waals surface area (Å²) in [5, 5.41) is 16.0. The van der Waals surface area contributed by atoms with Crippen LogP contribution in [0.3, 0.4) is 0 Å². The topological polar surface area (TPSA) is 93.5 Å². The van der Waals surface area contributed by atoms with Gasteiger partial charge in [-0.3, -0.25) is 4.68 Å². The molecule has 24 heavy (non-hydrogen) atoms. The summed E-state index contributed by atoms with van der Waals surface area (Å²) in [5.41, 5.74) is 1.89. The smallest absolute Gasteiger partial charge is 0.407 e. The van der Waals surface area contributed by atoms with E-state index in [9.17, 15) is 9.59 Å². The summed E-state index contributed by atoms with van der Waals surface area (Å²) in [6, 6.07) is 9.47. The number of carboxylic acid groups (broad SMARTS) is 1. The van der Waals surface area contributed by atoms with Gasteiger partial charge in [-0.25, -0.2) is 9.59 Å². The average molecular weight is 329 g/mol. The molecule has 1 aliphatic heterocycles. The number of aryl methyl sites for hydroxylation is 1. The highest BCUT2D eigenvalue weighted by molar-refractivity contribution is 5.88. The van der Waals surface area contributed by atoms with Crippen LogP contribution in [0.1, 0.15) is 28.0 Å². The van der Waals surface area contributed by atoms with Crippen molar-refractivity contribution in [1.29, 1.82) is 0 Å². The molecule has 1 aliphatic rings. The van der Waals surface area contributed by atoms with Gasteiger partial charge in [0.2, 0.25) is 0 Å². The number of hydrogen-bond acceptors (Lipinski definition) is 4. The van der Waals surface area contributed by atoms with Crippen LogP contribution in [0.25, 0.3) is 0 Å². The molecule has 0 fully saturated rings. The Morgan fingerprint density at radius 3 is 2.88 bits per heavy atom. The molecular formula is C17H19N3O4. The van der Waals surface area contributed by atoms with Gasteiger partial charge in [-0.2, -0.15) is 5.10 Å². The number of benzene rings is 1. The summed E-state index contributed by atoms with van der Waals surface area (Å²) in [7, 11) is 0. The minimum absolute atomic E-state index is 0.177. The molecule has 1 amide bonds. The van der Waals surface area contributed by atoms with Gasteiger partial charge in [-0.05, 0) is 24.3 Å². The van der Waals surface area contributed by atoms with Crippen molar-refractivity contribution in [2.75, 3.05) is 6.54 Å². The highest BCUT2D eigenvalue weighted by Gasteiger charge is 2.25. The SMILES string of the molecule is O=C(NCC1CCn2ncc(C(=O)O)c2C1)OCc1ccccc1. The largest absolute Gasteiger partial charge is 0.478 e. The second kappa shape index (κ2) is 7.16. The van der Waals surface area contributed by atoms with E-state index in [1.807, 2.05) is 30.3 Å². The minimum Gasteiger partial charge on any atom is -0.478 e. The van der Waals surface area contributed by atoms with E-state index >= 15 is 0 Å². The molecule has 0 radical (unpaired) electrons. The molecule has 0 saturated heterocycles. The molecule has 2 heterocycles. The lowest BCUT2D eigenvalue weighted by atomic mass is 9.94. The molecule has 1 aromatic carbocycles. The molecular weight excluding hydrogens is 310 g/mol. The van der Waals surface area contributed by atoms with Gasteiger partial charge in [0.1, 0.15) is 12.2 Å². The summed E-state index contributed by atoms with van der Waals surface area (Å²) in [6.07, 6.45) is 2.35. The molecule has 7 nitrogen and oxygen atoms in total. The number of carbonyl (C=O) groups is 2. The van der Waals surface area contributed by atoms with Crippen LogP contribution in [0.2, 0.25) is 0 Å². The van der Waals surface area contributed by atoms with Crippen LogP contribution in [0.5, 0.6) is 0 Å². The fourth-order valence-corrected chi connectivity index (χ4v) is 2.85. The molecule has 2 aromatic rings. The molecule has 0 bridgehead atoms. The summed E-state index contributed by atoms with van der Waals surface area (Å²) < 4.78 is 6.90. The number of nitrogens with zero attached hydrogens (tertiary/aromatic N) is 2. The molecule has 1 aromatic heterocycles. The quantitative estimate of drug-likeness (QED) is 0.876. The van der Waals surface area contributed by atoms with Crippen LogP contribution < -0.4 is 5.32 Å². The number of carbonyl (C=O) groups excluding carboxylic acids is 1. The second-order valence-corrected chi connectivity index (χ2v) is 5.83. The van der Waals surface area contributed by atoms with E-state index in [0.717, 1.165) is 17.7 Å². The van der Waals surface area contributed by atoms with E-state index in [1.54, 1.807) is 4.68 Å². The number of alkyl carbamates (subject to hydrolysis) is 1. The van der Waals surface area contributed by atoms with Gasteiger partial charge >= 0.3 is 12.1 Å². The van der Waals surface area contributed by atoms with Gasteiger partial charge in [0.05, 0.1) is 11.9 Å². The lowest BCUT2D eigenvalue weighted by Crippen LogP contribution is -2.33. The molecule has 0 spiro atoms. The number of fused-ring (bicyclic) bond motifs is 1. The molecule has 7 heteroatoms. The lowest BCUT2D eigenvalue weighted by Gasteiger charge is -2.23. The van der Waals surface area contributed by atoms with E-state index in [2.05, 4.69) is 10.4 Å². The standard InChI is InChI=1S/C17H19N3O4/c21-16(22)14-10-19-20-7-6-13(8-15(14)20)9-18-17(23)24-11-12-4-2-1-3-5-12/h1-5,10,13H,6-9,11H2,(H,18,23)(H,21,22). The Hall–Kier alpha value is -2.83. The van der Waals surface area contributed by atoms with Crippen LogP contribution >= 0.6 is 0 Å². The Morgan fingerprint density at radius 1 is 1.33 bits per heavy atom. The van der Waals surface area contributed by atoms with Crippen molar-refractivity contribution in [2.24, 2.45) is 5.92 Å². The number of carboxylic acids is 1. The van der Waals surface area contributed by atoms with E-state index < -0.39 is 12.1 Å². The third-order valence-corrected chi connectivity index (χ3v) is 4.16. The summed E-state index contributed by atoms with van der Waals surface area (Å²) >= 11 is 0. The first-order chi connectivity index (χ1) is 11.6. The molecule has 2 N–H and O–H groups in total. The first-order valence-electron chi connectivity index (χ1n) is 7.86. The molecule has 126 valence electrons. The van der Waals surface area contributed by atoms with Gasteiger partial charge < -0.3 is 15.2 Å². The predicted octanol–water partition coefficient (Wildman–Crippen LogP) is 2.07. The maximum absolute atomic E-state index is 11.8. The van der Waals surface area contributed by atoms with Crippen LogP contribution in [-0.2, 0) is 24.3 Å². The first-order valence-corrected chi connectivity index (χ1v) is 7.86. The highest BCUT2D eigenvalue weighted by Crippen LogP contribution is 2.22. The fraction of sp³-hybridized carbons (Fsp3) is 0.353. The highest BCUT2D eigenvalue weighted by atomic mass is 16.5. The fourth-order valence-electron chi connectivity index (χ4n) is 2.85. The summed E-state index contributed by atoms with van der Waals surface area (Å²) in [6.45, 7) is 1.35. The zero-order chi connectivity index (χ0) is 16.9. The van der Waals surface area contributed by atoms with E-state index in [1.165, 1.54) is 6.20 Å². The van der Waals surface area contributed by atoms with E-state index in [-0.39, 0.29) is 18.1 Å². The van der Waals surface area contributed by atoms with Gasteiger partial charge in [-0.15, -0.1) is 0 Å². The third-order valence-electron chi connectivity index (χ3n) is 4.16. The monoisotopic (exact) mass is 329 g/mol. The van der Waals surface area contributed by atoms with Crippen molar-refractivity contribution in [3.8, 4) is 0 Å². The number of aromatic carboxylic acids is 1. The normalized spacial score (nSPS) is 16.2. The van der Waals surface area contributed by atoms with E-state index in [4.69, 9.17) is 9.84 Å². The molecule has 0 saturated carbocycles. The Balaban J connectivity index is 1.48. The van der Waals surface area contributed by atoms with Crippen molar-refractivity contribution in [3.63, 3.8) is 0 Å². The number of amides is 1.